The minimum Gasteiger partial charge on any atom is -0.486 e. The van der Waals surface area contributed by atoms with E-state index < -0.39 is 0 Å². The third-order valence-electron chi connectivity index (χ3n) is 4.87. The van der Waals surface area contributed by atoms with Gasteiger partial charge in [0.15, 0.2) is 11.5 Å². The molecular formula is C22H23N3O3. The number of nitrogens with zero attached hydrogens (tertiary/aromatic N) is 2. The Labute approximate surface area is 164 Å². The molecule has 0 radical (unpaired) electrons. The van der Waals surface area contributed by atoms with Crippen LogP contribution in [0.25, 0.3) is 5.69 Å². The number of hydrogen-bond acceptors (Lipinski definition) is 4. The Hall–Kier alpha value is -3.28. The standard InChI is InChI=1S/C22H23N3O3/c1-15-19(16(2)25(24-15)17-8-4-3-5-9-17)12-22(26)23-13-18-14-27-20-10-6-7-11-21(20)28-18/h3-11,18H,12-14H2,1-2H3,(H,23,26)/t18-/m0/s1. The molecule has 3 aromatic rings. The summed E-state index contributed by atoms with van der Waals surface area (Å²) in [6.07, 6.45) is 0.0855. The highest BCUT2D eigenvalue weighted by Gasteiger charge is 2.22. The number of carbonyl (C=O) groups excluding carboxylic acids is 1. The first-order valence-electron chi connectivity index (χ1n) is 9.37. The van der Waals surface area contributed by atoms with Crippen molar-refractivity contribution in [3.8, 4) is 17.2 Å². The number of fused-ring (bicyclic) bond motifs is 1. The zero-order chi connectivity index (χ0) is 19.5. The molecule has 2 heterocycles. The minimum atomic E-state index is -0.201. The van der Waals surface area contributed by atoms with Crippen LogP contribution in [0, 0.1) is 13.8 Å². The van der Waals surface area contributed by atoms with E-state index in [0.29, 0.717) is 18.9 Å². The van der Waals surface area contributed by atoms with E-state index in [-0.39, 0.29) is 18.4 Å². The lowest BCUT2D eigenvalue weighted by Crippen LogP contribution is -2.41. The number of para-hydroxylation sites is 3. The molecule has 144 valence electrons. The lowest BCUT2D eigenvalue weighted by molar-refractivity contribution is -0.121. The fraction of sp³-hybridized carbons (Fsp3) is 0.273. The number of aryl methyl sites for hydroxylation is 1. The molecule has 1 N–H and O–H groups in total. The molecule has 6 nitrogen and oxygen atoms in total. The van der Waals surface area contributed by atoms with Crippen LogP contribution in [-0.4, -0.2) is 34.9 Å². The number of nitrogens with one attached hydrogen (secondary N) is 1. The molecule has 1 amide bonds. The maximum Gasteiger partial charge on any atom is 0.224 e. The van der Waals surface area contributed by atoms with Crippen molar-refractivity contribution < 1.29 is 14.3 Å². The van der Waals surface area contributed by atoms with E-state index in [4.69, 9.17) is 9.47 Å². The van der Waals surface area contributed by atoms with Crippen molar-refractivity contribution >= 4 is 5.91 Å². The summed E-state index contributed by atoms with van der Waals surface area (Å²) in [4.78, 5) is 12.5. The highest BCUT2D eigenvalue weighted by atomic mass is 16.6. The van der Waals surface area contributed by atoms with E-state index in [0.717, 1.165) is 28.4 Å². The summed E-state index contributed by atoms with van der Waals surface area (Å²) in [5, 5.41) is 7.55. The van der Waals surface area contributed by atoms with Crippen LogP contribution in [0.5, 0.6) is 11.5 Å². The molecule has 0 fully saturated rings. The van der Waals surface area contributed by atoms with Gasteiger partial charge in [0.1, 0.15) is 12.7 Å². The van der Waals surface area contributed by atoms with Crippen molar-refractivity contribution in [3.63, 3.8) is 0 Å². The molecule has 6 heteroatoms. The third kappa shape index (κ3) is 3.71. The van der Waals surface area contributed by atoms with E-state index in [1.807, 2.05) is 73.1 Å². The van der Waals surface area contributed by atoms with Gasteiger partial charge < -0.3 is 14.8 Å². The monoisotopic (exact) mass is 377 g/mol. The van der Waals surface area contributed by atoms with Gasteiger partial charge in [-0.25, -0.2) is 4.68 Å². The number of aromatic nitrogens is 2. The van der Waals surface area contributed by atoms with Crippen LogP contribution < -0.4 is 14.8 Å². The smallest absolute Gasteiger partial charge is 0.224 e. The van der Waals surface area contributed by atoms with Gasteiger partial charge in [-0.05, 0) is 38.1 Å². The van der Waals surface area contributed by atoms with Gasteiger partial charge in [0, 0.05) is 11.3 Å². The average Bonchev–Trinajstić information content (AvgIpc) is 3.01. The van der Waals surface area contributed by atoms with E-state index >= 15 is 0 Å². The molecule has 0 spiro atoms. The van der Waals surface area contributed by atoms with Crippen LogP contribution in [-0.2, 0) is 11.2 Å². The third-order valence-corrected chi connectivity index (χ3v) is 4.87. The van der Waals surface area contributed by atoms with Gasteiger partial charge in [-0.3, -0.25) is 4.79 Å². The molecule has 0 saturated carbocycles. The molecule has 1 atom stereocenters. The van der Waals surface area contributed by atoms with Crippen molar-refractivity contribution in [1.82, 2.24) is 15.1 Å². The summed E-state index contributed by atoms with van der Waals surface area (Å²) >= 11 is 0. The fourth-order valence-electron chi connectivity index (χ4n) is 3.37. The molecule has 0 saturated heterocycles. The molecule has 1 aliphatic heterocycles. The Morgan fingerprint density at radius 1 is 1.11 bits per heavy atom. The molecule has 1 aromatic heterocycles. The van der Waals surface area contributed by atoms with E-state index in [1.165, 1.54) is 0 Å². The number of hydrogen-bond donors (Lipinski definition) is 1. The Bertz CT molecular complexity index is 982. The van der Waals surface area contributed by atoms with Crippen molar-refractivity contribution in [2.75, 3.05) is 13.2 Å². The first-order valence-corrected chi connectivity index (χ1v) is 9.37. The molecule has 28 heavy (non-hydrogen) atoms. The van der Waals surface area contributed by atoms with Gasteiger partial charge in [-0.15, -0.1) is 0 Å². The lowest BCUT2D eigenvalue weighted by atomic mass is 10.1. The highest BCUT2D eigenvalue weighted by molar-refractivity contribution is 5.79. The fourth-order valence-corrected chi connectivity index (χ4v) is 3.37. The van der Waals surface area contributed by atoms with Crippen LogP contribution in [0.4, 0.5) is 0 Å². The van der Waals surface area contributed by atoms with Crippen molar-refractivity contribution in [3.05, 3.63) is 71.5 Å². The second-order valence-electron chi connectivity index (χ2n) is 6.88. The molecule has 2 aromatic carbocycles. The van der Waals surface area contributed by atoms with E-state index in [1.54, 1.807) is 0 Å². The van der Waals surface area contributed by atoms with Gasteiger partial charge in [-0.2, -0.15) is 5.10 Å². The van der Waals surface area contributed by atoms with E-state index in [9.17, 15) is 4.79 Å². The largest absolute Gasteiger partial charge is 0.486 e. The number of rotatable bonds is 5. The summed E-state index contributed by atoms with van der Waals surface area (Å²) < 4.78 is 13.5. The summed E-state index contributed by atoms with van der Waals surface area (Å²) in [5.41, 5.74) is 3.78. The summed E-state index contributed by atoms with van der Waals surface area (Å²) in [7, 11) is 0. The van der Waals surface area contributed by atoms with Gasteiger partial charge in [-0.1, -0.05) is 30.3 Å². The first kappa shape index (κ1) is 18.1. The first-order chi connectivity index (χ1) is 13.6. The van der Waals surface area contributed by atoms with Crippen LogP contribution >= 0.6 is 0 Å². The summed E-state index contributed by atoms with van der Waals surface area (Å²) in [6, 6.07) is 17.5. The van der Waals surface area contributed by atoms with Crippen LogP contribution in [0.2, 0.25) is 0 Å². The molecule has 0 aliphatic carbocycles. The predicted molar refractivity (Wildman–Crippen MR) is 106 cm³/mol. The van der Waals surface area contributed by atoms with Crippen molar-refractivity contribution in [2.24, 2.45) is 0 Å². The van der Waals surface area contributed by atoms with Crippen molar-refractivity contribution in [1.29, 1.82) is 0 Å². The second-order valence-corrected chi connectivity index (χ2v) is 6.88. The number of carbonyl (C=O) groups is 1. The van der Waals surface area contributed by atoms with Crippen LogP contribution in [0.15, 0.2) is 54.6 Å². The Kier molecular flexibility index (Phi) is 5.02. The van der Waals surface area contributed by atoms with Crippen molar-refractivity contribution in [2.45, 2.75) is 26.4 Å². The highest BCUT2D eigenvalue weighted by Crippen LogP contribution is 2.30. The zero-order valence-corrected chi connectivity index (χ0v) is 16.0. The normalized spacial score (nSPS) is 15.3. The Morgan fingerprint density at radius 3 is 2.61 bits per heavy atom. The average molecular weight is 377 g/mol. The predicted octanol–water partition coefficient (Wildman–Crippen LogP) is 2.99. The zero-order valence-electron chi connectivity index (χ0n) is 16.0. The number of benzene rings is 2. The molecule has 1 aliphatic rings. The maximum atomic E-state index is 12.5. The minimum absolute atomic E-state index is 0.0544. The SMILES string of the molecule is Cc1nn(-c2ccccc2)c(C)c1CC(=O)NC[C@H]1COc2ccccc2O1. The van der Waals surface area contributed by atoms with E-state index in [2.05, 4.69) is 10.4 Å². The summed E-state index contributed by atoms with van der Waals surface area (Å²) in [5.74, 6) is 1.40. The number of amides is 1. The maximum absolute atomic E-state index is 12.5. The topological polar surface area (TPSA) is 65.4 Å². The molecule has 4 rings (SSSR count). The van der Waals surface area contributed by atoms with Gasteiger partial charge >= 0.3 is 0 Å². The van der Waals surface area contributed by atoms with Gasteiger partial charge in [0.25, 0.3) is 0 Å². The van der Waals surface area contributed by atoms with Crippen LogP contribution in [0.3, 0.4) is 0 Å². The van der Waals surface area contributed by atoms with Gasteiger partial charge in [0.2, 0.25) is 5.91 Å². The summed E-state index contributed by atoms with van der Waals surface area (Å²) in [6.45, 7) is 4.74. The Morgan fingerprint density at radius 2 is 1.82 bits per heavy atom. The van der Waals surface area contributed by atoms with Gasteiger partial charge in [0.05, 0.1) is 24.3 Å². The molecule has 0 unspecified atom stereocenters. The lowest BCUT2D eigenvalue weighted by Gasteiger charge is -2.26. The second kappa shape index (κ2) is 7.76. The van der Waals surface area contributed by atoms with Crippen LogP contribution in [0.1, 0.15) is 17.0 Å². The Balaban J connectivity index is 1.38. The molecular weight excluding hydrogens is 354 g/mol. The molecule has 0 bridgehead atoms. The number of ether oxygens (including phenoxy) is 2. The quantitative estimate of drug-likeness (QED) is 0.742.